The molecule has 0 radical (unpaired) electrons. The van der Waals surface area contributed by atoms with Crippen LogP contribution in [0.3, 0.4) is 0 Å². The van der Waals surface area contributed by atoms with E-state index in [0.29, 0.717) is 47.3 Å². The summed E-state index contributed by atoms with van der Waals surface area (Å²) >= 11 is 7.94. The zero-order valence-corrected chi connectivity index (χ0v) is 53.1. The van der Waals surface area contributed by atoms with Crippen molar-refractivity contribution in [3.05, 3.63) is 93.0 Å². The van der Waals surface area contributed by atoms with Crippen molar-refractivity contribution in [2.45, 2.75) is 211 Å². The molecule has 28 heteroatoms. The van der Waals surface area contributed by atoms with Gasteiger partial charge in [-0.1, -0.05) is 67.1 Å². The van der Waals surface area contributed by atoms with Crippen molar-refractivity contribution < 1.29 is 54.7 Å². The number of nitrogens with zero attached hydrogens (tertiary/aromatic N) is 6. The van der Waals surface area contributed by atoms with E-state index in [1.54, 1.807) is 28.7 Å². The lowest BCUT2D eigenvalue weighted by Gasteiger charge is -2.37. The number of aromatic nitrogens is 4. The molecule has 2 saturated heterocycles. The molecule has 3 aliphatic rings. The summed E-state index contributed by atoms with van der Waals surface area (Å²) in [5.41, 5.74) is -2.28. The third-order valence-electron chi connectivity index (χ3n) is 11.9. The monoisotopic (exact) mass is 1370 g/mol. The summed E-state index contributed by atoms with van der Waals surface area (Å²) in [5.74, 6) is 6.28. The van der Waals surface area contributed by atoms with E-state index in [1.807, 2.05) is 65.8 Å². The molecule has 472 valence electrons. The molecule has 2 fully saturated rings. The van der Waals surface area contributed by atoms with Gasteiger partial charge in [-0.2, -0.15) is 10.5 Å². The molecule has 0 amide bonds. The maximum absolute atomic E-state index is 13.4. The molecule has 5 N–H and O–H groups in total. The van der Waals surface area contributed by atoms with Crippen LogP contribution in [0.5, 0.6) is 5.75 Å². The minimum absolute atomic E-state index is 0. The second-order valence-corrected chi connectivity index (χ2v) is 26.3. The number of para-hydroxylation sites is 1. The molecular formula is C55H93ClIN8O15P3. The molecule has 0 aliphatic carbocycles. The van der Waals surface area contributed by atoms with Gasteiger partial charge < -0.3 is 42.9 Å². The summed E-state index contributed by atoms with van der Waals surface area (Å²) in [6.07, 6.45) is 0.242. The van der Waals surface area contributed by atoms with Crippen molar-refractivity contribution in [1.29, 1.82) is 13.4 Å². The van der Waals surface area contributed by atoms with Gasteiger partial charge in [0.25, 0.3) is 19.6 Å². The number of benzene rings is 1. The topological polar surface area (TPSA) is 306 Å². The second-order valence-electron chi connectivity index (χ2n) is 19.6. The van der Waals surface area contributed by atoms with Gasteiger partial charge in [0.2, 0.25) is 10.5 Å². The summed E-state index contributed by atoms with van der Waals surface area (Å²) in [6.45, 7) is 20.5. The number of nitriles is 2. The van der Waals surface area contributed by atoms with Crippen molar-refractivity contribution in [3.63, 3.8) is 0 Å². The van der Waals surface area contributed by atoms with Crippen molar-refractivity contribution >= 4 is 57.6 Å². The van der Waals surface area contributed by atoms with E-state index in [4.69, 9.17) is 59.5 Å². The molecule has 0 saturated carbocycles. The van der Waals surface area contributed by atoms with Crippen LogP contribution in [-0.2, 0) is 37.7 Å². The first-order valence-corrected chi connectivity index (χ1v) is 31.5. The molecule has 3 aliphatic heterocycles. The van der Waals surface area contributed by atoms with E-state index in [-0.39, 0.29) is 85.2 Å². The number of ether oxygens (including phenoxy) is 2. The van der Waals surface area contributed by atoms with Crippen LogP contribution in [0, 0.1) is 38.1 Å². The largest absolute Gasteiger partial charge is 0.424 e. The van der Waals surface area contributed by atoms with Gasteiger partial charge in [-0.05, 0) is 116 Å². The highest BCUT2D eigenvalue weighted by Crippen LogP contribution is 2.60. The molecule has 0 spiro atoms. The number of hydrogen-bond donors (Lipinski definition) is 5. The average molecular weight is 1370 g/mol. The molecule has 0 bridgehead atoms. The molecule has 1 aromatic carbocycles. The number of unbranched alkanes of at least 4 members (excludes halogenated alkanes) is 1. The summed E-state index contributed by atoms with van der Waals surface area (Å²) < 4.78 is 87.0. The summed E-state index contributed by atoms with van der Waals surface area (Å²) in [6, 6.07) is 12.3. The van der Waals surface area contributed by atoms with Gasteiger partial charge >= 0.3 is 19.0 Å². The van der Waals surface area contributed by atoms with Crippen molar-refractivity contribution in [2.24, 2.45) is 0 Å². The fraction of sp³-hybridized carbons (Fsp3) is 0.673. The van der Waals surface area contributed by atoms with Crippen LogP contribution < -0.4 is 27.0 Å². The van der Waals surface area contributed by atoms with Gasteiger partial charge in [0.15, 0.2) is 0 Å². The molecule has 5 heterocycles. The standard InChI is InChI=1S/C32H44N4O9P2.C9H18ClN2OP.C9H11IN2O5.5CH4/c1-22(2)36(23(3)4)46(41-17-12-16-33)43-27-19-29(42-28(27)21-37)35-20-24(30(38)34-31(35)39)13-8-7-11-18-47(40)44-26-15-10-9-14-25(26)32(5,6)45-47;1-8(2)12(9(3)4)14(10)13-7-5-6-11;10-4-2-12(9(16)11-8(4)15)7-1-5(14)6(3-13)17-7;;;;;/h9-10,14-15,20,22-23,27-29,37H,7,11-12,17-19,21H2,1-6H3,(H,34,38,39);8-9H,5,7H2,1-4H3;2,5-7,13-14H,1,3H2,(H,11,15,16);5*1H4/i37D;;13D;2*1T;;;. The van der Waals surface area contributed by atoms with Gasteiger partial charge in [0, 0.05) is 64.1 Å². The quantitative estimate of drug-likeness (QED) is 0.0255. The van der Waals surface area contributed by atoms with Crippen molar-refractivity contribution in [2.75, 3.05) is 32.6 Å². The fourth-order valence-electron chi connectivity index (χ4n) is 8.45. The Labute approximate surface area is 518 Å². The number of aliphatic hydroxyl groups is 3. The Bertz CT molecular complexity index is 2910. The van der Waals surface area contributed by atoms with E-state index in [0.717, 1.165) is 5.56 Å². The van der Waals surface area contributed by atoms with Crippen LogP contribution >= 0.6 is 57.6 Å². The SMILES string of the molecule is C.C.C.CC(C)N(C(C)C)P(Cl)OCCC#N.[2H]OCC1OC(n2cc(C#CCCCP3(=O)Oc4ccccc4C(C)(C)O3)c(=O)[nH]c2=O)CC1OP(OCCC#N)N(C(C)C)C(C)C.[2H]OCC1OC(n2cc(I)c(=O)[nH]c2=O)CC1O.[3H]C.[3H]C. The number of aromatic amines is 2. The predicted molar refractivity (Wildman–Crippen MR) is 337 cm³/mol. The van der Waals surface area contributed by atoms with Gasteiger partial charge in [0.05, 0.1) is 73.3 Å². The first-order valence-electron chi connectivity index (χ1n) is 28.2. The lowest BCUT2D eigenvalue weighted by atomic mass is 9.98. The zero-order chi connectivity index (χ0) is 63.5. The van der Waals surface area contributed by atoms with E-state index < -0.39 is 88.7 Å². The Morgan fingerprint density at radius 3 is 1.95 bits per heavy atom. The molecular weight excluding hydrogens is 1270 g/mol. The van der Waals surface area contributed by atoms with Crippen LogP contribution in [-0.4, -0.2) is 128 Å². The lowest BCUT2D eigenvalue weighted by Crippen LogP contribution is -2.36. The fourth-order valence-corrected chi connectivity index (χ4v) is 15.0. The molecule has 83 heavy (non-hydrogen) atoms. The second kappa shape index (κ2) is 38.7. The highest BCUT2D eigenvalue weighted by molar-refractivity contribution is 14.1. The van der Waals surface area contributed by atoms with Gasteiger partial charge in [-0.25, -0.2) is 23.5 Å². The van der Waals surface area contributed by atoms with Crippen LogP contribution in [0.2, 0.25) is 0 Å². The first kappa shape index (κ1) is 73.8. The Morgan fingerprint density at radius 2 is 1.37 bits per heavy atom. The number of aliphatic hydroxyl groups excluding tert-OH is 3. The molecule has 3 aromatic rings. The van der Waals surface area contributed by atoms with Crippen molar-refractivity contribution in [1.82, 2.24) is 28.4 Å². The molecule has 9 atom stereocenters. The van der Waals surface area contributed by atoms with Crippen LogP contribution in [0.25, 0.3) is 0 Å². The van der Waals surface area contributed by atoms with Gasteiger partial charge in [-0.15, -0.1) is 0 Å². The summed E-state index contributed by atoms with van der Waals surface area (Å²) in [7, 11) is -3.64. The highest BCUT2D eigenvalue weighted by Gasteiger charge is 2.43. The number of fused-ring (bicyclic) bond motifs is 1. The van der Waals surface area contributed by atoms with Crippen LogP contribution in [0.4, 0.5) is 0 Å². The van der Waals surface area contributed by atoms with Gasteiger partial charge in [-0.3, -0.25) is 33.2 Å². The average Bonchev–Trinajstić information content (AvgIpc) is 1.30. The first-order chi connectivity index (χ1) is 39.8. The van der Waals surface area contributed by atoms with Gasteiger partial charge in [0.1, 0.15) is 41.6 Å². The number of rotatable bonds is 23. The summed E-state index contributed by atoms with van der Waals surface area (Å²) in [4.78, 5) is 52.9. The van der Waals surface area contributed by atoms with Crippen LogP contribution in [0.15, 0.2) is 55.8 Å². The van der Waals surface area contributed by atoms with E-state index in [2.05, 4.69) is 75.1 Å². The summed E-state index contributed by atoms with van der Waals surface area (Å²) in [5, 5.41) is 35.9. The number of hydrogen-bond acceptors (Lipinski definition) is 19. The third-order valence-corrected chi connectivity index (χ3v) is 19.4. The normalized spacial score (nSPS) is 22.2. The van der Waals surface area contributed by atoms with E-state index in [9.17, 15) is 28.8 Å². The number of nitrogens with one attached hydrogen (secondary N) is 2. The Hall–Kier alpha value is -3.41. The lowest BCUT2D eigenvalue weighted by molar-refractivity contribution is -0.0459. The van der Waals surface area contributed by atoms with Crippen LogP contribution in [0.1, 0.15) is 171 Å². The number of halogens is 2. The third kappa shape index (κ3) is 23.7. The number of H-pyrrole nitrogens is 2. The Balaban J connectivity index is 0. The predicted octanol–water partition coefficient (Wildman–Crippen LogP) is 10.6. The Morgan fingerprint density at radius 1 is 0.843 bits per heavy atom. The van der Waals surface area contributed by atoms with Crippen molar-refractivity contribution in [3.8, 4) is 29.7 Å². The maximum atomic E-state index is 13.4. The Kier molecular flexibility index (Phi) is 34.4. The highest BCUT2D eigenvalue weighted by atomic mass is 127. The van der Waals surface area contributed by atoms with E-state index >= 15 is 0 Å². The minimum atomic E-state index is -3.43. The molecule has 9 unspecified atom stereocenters. The smallest absolute Gasteiger partial charge is 0.380 e. The minimum Gasteiger partial charge on any atom is -0.424 e. The molecule has 23 nitrogen and oxygen atoms in total. The zero-order valence-electron chi connectivity index (χ0n) is 51.5. The molecule has 2 aromatic heterocycles. The molecule has 6 rings (SSSR count). The maximum Gasteiger partial charge on any atom is 0.380 e. The van der Waals surface area contributed by atoms with E-state index in [1.165, 1.54) is 36.3 Å².